The number of ether oxygens (including phenoxy) is 1. The third-order valence-corrected chi connectivity index (χ3v) is 5.39. The number of amides is 1. The van der Waals surface area contributed by atoms with Crippen LogP contribution in [0, 0.1) is 25.2 Å². The molecule has 0 aliphatic heterocycles. The maximum Gasteiger partial charge on any atom is 0.407 e. The van der Waals surface area contributed by atoms with E-state index in [0.717, 1.165) is 23.5 Å². The Bertz CT molecular complexity index is 541. The highest BCUT2D eigenvalue weighted by molar-refractivity contribution is 7.11. The van der Waals surface area contributed by atoms with E-state index in [0.29, 0.717) is 18.9 Å². The van der Waals surface area contributed by atoms with Crippen LogP contribution in [0.5, 0.6) is 0 Å². The molecule has 5 nitrogen and oxygen atoms in total. The van der Waals surface area contributed by atoms with Gasteiger partial charge in [0.1, 0.15) is 5.60 Å². The van der Waals surface area contributed by atoms with Crippen LogP contribution < -0.4 is 5.32 Å². The average Bonchev–Trinajstić information content (AvgIpc) is 3.21. The van der Waals surface area contributed by atoms with Gasteiger partial charge >= 0.3 is 6.09 Å². The van der Waals surface area contributed by atoms with Crippen LogP contribution >= 0.6 is 11.3 Å². The molecule has 0 spiro atoms. The molecule has 1 fully saturated rings. The van der Waals surface area contributed by atoms with Crippen molar-refractivity contribution >= 4 is 17.4 Å². The molecule has 6 heteroatoms. The molecule has 1 saturated carbocycles. The van der Waals surface area contributed by atoms with Gasteiger partial charge in [0.15, 0.2) is 0 Å². The van der Waals surface area contributed by atoms with Crippen molar-refractivity contribution in [2.24, 2.45) is 11.3 Å². The topological polar surface area (TPSA) is 71.5 Å². The largest absolute Gasteiger partial charge is 0.444 e. The summed E-state index contributed by atoms with van der Waals surface area (Å²) < 4.78 is 5.31. The minimum atomic E-state index is -0.519. The Morgan fingerprint density at radius 2 is 2.04 bits per heavy atom. The summed E-state index contributed by atoms with van der Waals surface area (Å²) in [6, 6.07) is 0. The predicted molar refractivity (Wildman–Crippen MR) is 91.8 cm³/mol. The number of carbonyl (C=O) groups is 1. The fourth-order valence-electron chi connectivity index (χ4n) is 2.77. The van der Waals surface area contributed by atoms with E-state index in [4.69, 9.17) is 4.74 Å². The van der Waals surface area contributed by atoms with E-state index in [-0.39, 0.29) is 12.0 Å². The molecule has 130 valence electrons. The van der Waals surface area contributed by atoms with E-state index in [1.165, 1.54) is 4.88 Å². The number of alkyl carbamates (subject to hydrolysis) is 1. The molecule has 1 amide bonds. The molecule has 1 aromatic heterocycles. The number of hydrogen-bond donors (Lipinski definition) is 2. The molecule has 1 aromatic rings. The molecule has 1 aliphatic rings. The van der Waals surface area contributed by atoms with E-state index in [1.54, 1.807) is 11.3 Å². The molecule has 2 N–H and O–H groups in total. The van der Waals surface area contributed by atoms with Gasteiger partial charge in [0.25, 0.3) is 0 Å². The summed E-state index contributed by atoms with van der Waals surface area (Å²) in [7, 11) is 0. The van der Waals surface area contributed by atoms with Gasteiger partial charge in [-0.1, -0.05) is 0 Å². The van der Waals surface area contributed by atoms with Crippen LogP contribution in [0.25, 0.3) is 0 Å². The van der Waals surface area contributed by atoms with Gasteiger partial charge in [-0.05, 0) is 53.4 Å². The van der Waals surface area contributed by atoms with Gasteiger partial charge in [-0.3, -0.25) is 0 Å². The third kappa shape index (κ3) is 4.91. The van der Waals surface area contributed by atoms with E-state index in [2.05, 4.69) is 17.2 Å². The second-order valence-corrected chi connectivity index (χ2v) is 8.86. The lowest BCUT2D eigenvalue weighted by atomic mass is 9.80. The van der Waals surface area contributed by atoms with Gasteiger partial charge in [-0.15, -0.1) is 11.3 Å². The number of nitrogens with one attached hydrogen (secondary N) is 1. The summed E-state index contributed by atoms with van der Waals surface area (Å²) >= 11 is 1.68. The maximum absolute atomic E-state index is 11.9. The van der Waals surface area contributed by atoms with E-state index in [1.807, 2.05) is 27.7 Å². The zero-order chi connectivity index (χ0) is 17.3. The Morgan fingerprint density at radius 1 is 1.39 bits per heavy atom. The first-order valence-electron chi connectivity index (χ1n) is 8.16. The summed E-state index contributed by atoms with van der Waals surface area (Å²) in [6.07, 6.45) is 2.46. The van der Waals surface area contributed by atoms with Gasteiger partial charge in [0.05, 0.1) is 17.3 Å². The van der Waals surface area contributed by atoms with Gasteiger partial charge in [-0.25, -0.2) is 9.78 Å². The molecule has 2 rings (SSSR count). The lowest BCUT2D eigenvalue weighted by molar-refractivity contribution is 0.0439. The minimum Gasteiger partial charge on any atom is -0.444 e. The van der Waals surface area contributed by atoms with Crippen LogP contribution in [0.4, 0.5) is 4.79 Å². The predicted octanol–water partition coefficient (Wildman–Crippen LogP) is 3.22. The lowest BCUT2D eigenvalue weighted by Gasteiger charge is -2.32. The van der Waals surface area contributed by atoms with Crippen molar-refractivity contribution in [3.05, 3.63) is 15.6 Å². The number of thiazole rings is 1. The summed E-state index contributed by atoms with van der Waals surface area (Å²) in [5.74, 6) is 0.437. The molecule has 1 atom stereocenters. The number of aliphatic hydroxyl groups is 1. The SMILES string of the molecule is Cc1nc(CC(CO)(CNC(=O)OC(C)(C)C)C2CC2)sc1C. The maximum atomic E-state index is 11.9. The molecule has 1 heterocycles. The first-order chi connectivity index (χ1) is 10.6. The zero-order valence-electron chi connectivity index (χ0n) is 14.7. The number of aliphatic hydroxyl groups excluding tert-OH is 1. The molecular formula is C17H28N2O3S. The number of hydrogen-bond acceptors (Lipinski definition) is 5. The van der Waals surface area contributed by atoms with Crippen LogP contribution in [-0.4, -0.2) is 34.9 Å². The highest BCUT2D eigenvalue weighted by Gasteiger charge is 2.45. The summed E-state index contributed by atoms with van der Waals surface area (Å²) in [5, 5.41) is 13.9. The first-order valence-corrected chi connectivity index (χ1v) is 8.97. The zero-order valence-corrected chi connectivity index (χ0v) is 15.5. The van der Waals surface area contributed by atoms with Crippen LogP contribution in [-0.2, 0) is 11.2 Å². The molecule has 0 saturated heterocycles. The van der Waals surface area contributed by atoms with Crippen molar-refractivity contribution in [1.82, 2.24) is 10.3 Å². The van der Waals surface area contributed by atoms with E-state index in [9.17, 15) is 9.90 Å². The molecule has 0 bridgehead atoms. The molecular weight excluding hydrogens is 312 g/mol. The molecule has 1 aliphatic carbocycles. The van der Waals surface area contributed by atoms with E-state index >= 15 is 0 Å². The van der Waals surface area contributed by atoms with Crippen molar-refractivity contribution in [3.8, 4) is 0 Å². The van der Waals surface area contributed by atoms with Gasteiger partial charge in [-0.2, -0.15) is 0 Å². The van der Waals surface area contributed by atoms with Crippen molar-refractivity contribution in [3.63, 3.8) is 0 Å². The number of rotatable bonds is 6. The Morgan fingerprint density at radius 3 is 2.48 bits per heavy atom. The standard InChI is InChI=1S/C17H28N2O3S/c1-11-12(2)23-14(19-11)8-17(10-20,13-6-7-13)9-18-15(21)22-16(3,4)5/h13,20H,6-10H2,1-5H3,(H,18,21). The summed E-state index contributed by atoms with van der Waals surface area (Å²) in [6.45, 7) is 10.1. The Labute approximate surface area is 142 Å². The van der Waals surface area contributed by atoms with Crippen LogP contribution in [0.3, 0.4) is 0 Å². The normalized spacial score (nSPS) is 17.7. The first kappa shape index (κ1) is 18.2. The summed E-state index contributed by atoms with van der Waals surface area (Å²) in [4.78, 5) is 17.8. The number of nitrogens with zero attached hydrogens (tertiary/aromatic N) is 1. The van der Waals surface area contributed by atoms with Crippen molar-refractivity contribution in [2.45, 2.75) is 59.5 Å². The highest BCUT2D eigenvalue weighted by atomic mass is 32.1. The summed E-state index contributed by atoms with van der Waals surface area (Å²) in [5.41, 5.74) is 0.190. The van der Waals surface area contributed by atoms with E-state index < -0.39 is 11.7 Å². The molecule has 1 unspecified atom stereocenters. The third-order valence-electron chi connectivity index (χ3n) is 4.32. The molecule has 23 heavy (non-hydrogen) atoms. The quantitative estimate of drug-likeness (QED) is 0.834. The number of carbonyl (C=O) groups excluding carboxylic acids is 1. The second-order valence-electron chi connectivity index (χ2n) is 7.58. The fraction of sp³-hybridized carbons (Fsp3) is 0.765. The van der Waals surface area contributed by atoms with Crippen LogP contribution in [0.1, 0.15) is 49.2 Å². The Balaban J connectivity index is 2.05. The van der Waals surface area contributed by atoms with Gasteiger partial charge in [0.2, 0.25) is 0 Å². The van der Waals surface area contributed by atoms with Crippen LogP contribution in [0.15, 0.2) is 0 Å². The van der Waals surface area contributed by atoms with Crippen molar-refractivity contribution < 1.29 is 14.6 Å². The van der Waals surface area contributed by atoms with Crippen molar-refractivity contribution in [1.29, 1.82) is 0 Å². The minimum absolute atomic E-state index is 0.0468. The number of aryl methyl sites for hydroxylation is 2. The second kappa shape index (κ2) is 6.77. The lowest BCUT2D eigenvalue weighted by Crippen LogP contribution is -2.44. The molecule has 0 aromatic carbocycles. The Kier molecular flexibility index (Phi) is 5.36. The fourth-order valence-corrected chi connectivity index (χ4v) is 3.86. The monoisotopic (exact) mass is 340 g/mol. The van der Waals surface area contributed by atoms with Gasteiger partial charge in [0, 0.05) is 23.3 Å². The Hall–Kier alpha value is -1.14. The number of aromatic nitrogens is 1. The van der Waals surface area contributed by atoms with Gasteiger partial charge < -0.3 is 15.2 Å². The molecule has 0 radical (unpaired) electrons. The highest BCUT2D eigenvalue weighted by Crippen LogP contribution is 2.47. The van der Waals surface area contributed by atoms with Crippen LogP contribution in [0.2, 0.25) is 0 Å². The van der Waals surface area contributed by atoms with Crippen molar-refractivity contribution in [2.75, 3.05) is 13.2 Å². The average molecular weight is 340 g/mol. The smallest absolute Gasteiger partial charge is 0.407 e.